The minimum Gasteiger partial charge on any atom is -0.454 e. The fourth-order valence-corrected chi connectivity index (χ4v) is 3.11. The number of benzene rings is 2. The van der Waals surface area contributed by atoms with Gasteiger partial charge in [-0.2, -0.15) is 5.26 Å². The highest BCUT2D eigenvalue weighted by Gasteiger charge is 2.12. The normalized spacial score (nSPS) is 10.3. The Labute approximate surface area is 170 Å². The topological polar surface area (TPSA) is 114 Å². The Bertz CT molecular complexity index is 1180. The molecule has 3 aromatic rings. The van der Waals surface area contributed by atoms with Crippen LogP contribution in [0.2, 0.25) is 0 Å². The molecular formula is C20H16N4O4S. The highest BCUT2D eigenvalue weighted by atomic mass is 32.2. The number of anilines is 1. The summed E-state index contributed by atoms with van der Waals surface area (Å²) >= 11 is 1.02. The number of carbonyl (C=O) groups is 2. The van der Waals surface area contributed by atoms with Crippen LogP contribution in [0.5, 0.6) is 0 Å². The van der Waals surface area contributed by atoms with Crippen molar-refractivity contribution in [1.29, 1.82) is 5.26 Å². The van der Waals surface area contributed by atoms with E-state index in [1.54, 1.807) is 49.4 Å². The van der Waals surface area contributed by atoms with Gasteiger partial charge in [0.2, 0.25) is 0 Å². The second kappa shape index (κ2) is 9.03. The number of carbonyl (C=O) groups excluding carboxylic acids is 2. The summed E-state index contributed by atoms with van der Waals surface area (Å²) in [6, 6.07) is 12.0. The van der Waals surface area contributed by atoms with Crippen LogP contribution in [0.4, 0.5) is 5.69 Å². The first-order valence-corrected chi connectivity index (χ1v) is 9.36. The molecule has 1 aromatic heterocycles. The molecule has 0 atom stereocenters. The summed E-state index contributed by atoms with van der Waals surface area (Å²) < 4.78 is 6.10. The third-order valence-corrected chi connectivity index (χ3v) is 4.61. The average molecular weight is 408 g/mol. The molecular weight excluding hydrogens is 392 g/mol. The van der Waals surface area contributed by atoms with E-state index >= 15 is 0 Å². The van der Waals surface area contributed by atoms with Crippen molar-refractivity contribution in [2.45, 2.75) is 18.4 Å². The Hall–Kier alpha value is -3.64. The van der Waals surface area contributed by atoms with Gasteiger partial charge in [-0.15, -0.1) is 0 Å². The van der Waals surface area contributed by atoms with Gasteiger partial charge in [0.1, 0.15) is 11.9 Å². The number of para-hydroxylation sites is 1. The summed E-state index contributed by atoms with van der Waals surface area (Å²) in [6.45, 7) is 0.966. The van der Waals surface area contributed by atoms with E-state index in [1.807, 2.05) is 5.40 Å². The lowest BCUT2D eigenvalue weighted by Crippen LogP contribution is -2.28. The predicted molar refractivity (Wildman–Crippen MR) is 108 cm³/mol. The number of thiocyanates is 1. The lowest BCUT2D eigenvalue weighted by Gasteiger charge is -2.10. The molecule has 0 fully saturated rings. The van der Waals surface area contributed by atoms with Gasteiger partial charge in [0.25, 0.3) is 11.5 Å². The number of hydrogen-bond acceptors (Lipinski definition) is 7. The van der Waals surface area contributed by atoms with Crippen LogP contribution in [-0.2, 0) is 20.9 Å². The zero-order valence-electron chi connectivity index (χ0n) is 15.4. The molecule has 0 saturated heterocycles. The van der Waals surface area contributed by atoms with Gasteiger partial charge in [-0.25, -0.2) is 4.98 Å². The van der Waals surface area contributed by atoms with Crippen LogP contribution >= 0.6 is 11.8 Å². The molecule has 0 aliphatic carbocycles. The fraction of sp³-hybridized carbons (Fsp3) is 0.150. The van der Waals surface area contributed by atoms with E-state index in [2.05, 4.69) is 10.3 Å². The number of aromatic nitrogens is 2. The molecule has 1 amide bonds. The number of aryl methyl sites for hydroxylation is 1. The van der Waals surface area contributed by atoms with Crippen LogP contribution in [0.1, 0.15) is 5.56 Å². The van der Waals surface area contributed by atoms with Crippen molar-refractivity contribution >= 4 is 40.2 Å². The average Bonchev–Trinajstić information content (AvgIpc) is 2.71. The van der Waals surface area contributed by atoms with Crippen LogP contribution in [-0.4, -0.2) is 28.0 Å². The molecule has 3 rings (SSSR count). The maximum atomic E-state index is 12.4. The second-order valence-electron chi connectivity index (χ2n) is 6.07. The van der Waals surface area contributed by atoms with Gasteiger partial charge in [0.05, 0.1) is 17.2 Å². The number of fused-ring (bicyclic) bond motifs is 1. The van der Waals surface area contributed by atoms with Gasteiger partial charge in [-0.05, 0) is 54.6 Å². The van der Waals surface area contributed by atoms with E-state index in [9.17, 15) is 14.4 Å². The largest absolute Gasteiger partial charge is 0.454 e. The van der Waals surface area contributed by atoms with Gasteiger partial charge in [-0.1, -0.05) is 12.1 Å². The third-order valence-electron chi connectivity index (χ3n) is 4.03. The van der Waals surface area contributed by atoms with Gasteiger partial charge in [0.15, 0.2) is 6.61 Å². The number of ether oxygens (including phenoxy) is 1. The molecule has 2 aromatic carbocycles. The number of hydrogen-bond donors (Lipinski definition) is 1. The van der Waals surface area contributed by atoms with Crippen LogP contribution in [0.15, 0.2) is 58.5 Å². The highest BCUT2D eigenvalue weighted by Crippen LogP contribution is 2.23. The Morgan fingerprint density at radius 1 is 1.28 bits per heavy atom. The van der Waals surface area contributed by atoms with Crippen LogP contribution in [0.25, 0.3) is 10.9 Å². The summed E-state index contributed by atoms with van der Waals surface area (Å²) in [5.41, 5.74) is 1.51. The minimum atomic E-state index is -0.725. The molecule has 0 aliphatic heterocycles. The maximum absolute atomic E-state index is 12.4. The maximum Gasteiger partial charge on any atom is 0.326 e. The second-order valence-corrected chi connectivity index (χ2v) is 6.93. The fourth-order valence-electron chi connectivity index (χ4n) is 2.63. The van der Waals surface area contributed by atoms with E-state index < -0.39 is 18.5 Å². The Kier molecular flexibility index (Phi) is 6.26. The predicted octanol–water partition coefficient (Wildman–Crippen LogP) is 2.46. The molecule has 1 N–H and O–H groups in total. The van der Waals surface area contributed by atoms with Crippen molar-refractivity contribution < 1.29 is 14.3 Å². The summed E-state index contributed by atoms with van der Waals surface area (Å²) in [7, 11) is 0. The zero-order valence-corrected chi connectivity index (χ0v) is 16.2. The SMILES string of the molecule is Cc1cc(SC#N)ccc1NC(=O)COC(=O)Cn1cnc2ccccc2c1=O. The quantitative estimate of drug-likeness (QED) is 0.378. The van der Waals surface area contributed by atoms with E-state index in [-0.39, 0.29) is 12.1 Å². The molecule has 29 heavy (non-hydrogen) atoms. The molecule has 146 valence electrons. The van der Waals surface area contributed by atoms with Crippen molar-refractivity contribution in [1.82, 2.24) is 9.55 Å². The first-order valence-electron chi connectivity index (χ1n) is 8.54. The number of nitrogens with zero attached hydrogens (tertiary/aromatic N) is 3. The molecule has 8 nitrogen and oxygen atoms in total. The first-order chi connectivity index (χ1) is 14.0. The summed E-state index contributed by atoms with van der Waals surface area (Å²) in [4.78, 5) is 41.3. The molecule has 0 aliphatic rings. The molecule has 9 heteroatoms. The summed E-state index contributed by atoms with van der Waals surface area (Å²) in [5.74, 6) is -1.23. The molecule has 0 spiro atoms. The van der Waals surface area contributed by atoms with Gasteiger partial charge < -0.3 is 10.1 Å². The minimum absolute atomic E-state index is 0.344. The van der Waals surface area contributed by atoms with E-state index in [4.69, 9.17) is 10.00 Å². The van der Waals surface area contributed by atoms with Crippen molar-refractivity contribution in [3.05, 3.63) is 64.7 Å². The van der Waals surface area contributed by atoms with E-state index in [0.717, 1.165) is 26.8 Å². The smallest absolute Gasteiger partial charge is 0.326 e. The van der Waals surface area contributed by atoms with Gasteiger partial charge >= 0.3 is 5.97 Å². The number of esters is 1. The Balaban J connectivity index is 1.57. The number of nitrogens with one attached hydrogen (secondary N) is 1. The van der Waals surface area contributed by atoms with Crippen molar-refractivity contribution in [2.24, 2.45) is 0 Å². The number of thioether (sulfide) groups is 1. The number of amides is 1. The third kappa shape index (κ3) is 5.00. The first kappa shape index (κ1) is 20.1. The van der Waals surface area contributed by atoms with Crippen LogP contribution in [0, 0.1) is 17.6 Å². The van der Waals surface area contributed by atoms with E-state index in [1.165, 1.54) is 6.33 Å². The van der Waals surface area contributed by atoms with Crippen molar-refractivity contribution in [3.63, 3.8) is 0 Å². The lowest BCUT2D eigenvalue weighted by molar-refractivity contribution is -0.147. The monoisotopic (exact) mass is 408 g/mol. The number of rotatable bonds is 6. The molecule has 0 radical (unpaired) electrons. The van der Waals surface area contributed by atoms with Crippen LogP contribution in [0.3, 0.4) is 0 Å². The highest BCUT2D eigenvalue weighted by molar-refractivity contribution is 8.03. The molecule has 0 bridgehead atoms. The van der Waals surface area contributed by atoms with Crippen molar-refractivity contribution in [3.8, 4) is 5.40 Å². The van der Waals surface area contributed by atoms with Crippen LogP contribution < -0.4 is 10.9 Å². The van der Waals surface area contributed by atoms with E-state index in [0.29, 0.717) is 16.6 Å². The van der Waals surface area contributed by atoms with Crippen molar-refractivity contribution in [2.75, 3.05) is 11.9 Å². The standard InChI is InChI=1S/C20H16N4O4S/c1-13-8-14(29-11-21)6-7-16(13)23-18(25)10-28-19(26)9-24-12-22-17-5-3-2-4-15(17)20(24)27/h2-8,12H,9-10H2,1H3,(H,23,25). The Morgan fingerprint density at radius 2 is 2.07 bits per heavy atom. The molecule has 0 saturated carbocycles. The molecule has 0 unspecified atom stereocenters. The lowest BCUT2D eigenvalue weighted by atomic mass is 10.2. The molecule has 1 heterocycles. The van der Waals surface area contributed by atoms with Gasteiger partial charge in [0, 0.05) is 10.6 Å². The zero-order chi connectivity index (χ0) is 20.8. The Morgan fingerprint density at radius 3 is 2.83 bits per heavy atom. The number of nitriles is 1. The van der Waals surface area contributed by atoms with Gasteiger partial charge in [-0.3, -0.25) is 19.0 Å². The summed E-state index contributed by atoms with van der Waals surface area (Å²) in [6.07, 6.45) is 1.27. The summed E-state index contributed by atoms with van der Waals surface area (Å²) in [5, 5.41) is 13.7.